The molecule has 0 spiro atoms. The summed E-state index contributed by atoms with van der Waals surface area (Å²) in [6.45, 7) is 1.61. The molecule has 1 aliphatic rings. The number of carbonyl (C=O) groups is 2. The third-order valence-electron chi connectivity index (χ3n) is 6.13. The molecule has 0 fully saturated rings. The largest absolute Gasteiger partial charge is 0.464 e. The van der Waals surface area contributed by atoms with Crippen molar-refractivity contribution in [1.82, 2.24) is 10.6 Å². The number of furan rings is 1. The number of anilines is 1. The van der Waals surface area contributed by atoms with Crippen LogP contribution in [0.3, 0.4) is 0 Å². The number of nitro benzene ring substituents is 1. The Morgan fingerprint density at radius 1 is 1.00 bits per heavy atom. The van der Waals surface area contributed by atoms with Gasteiger partial charge in [-0.1, -0.05) is 42.5 Å². The van der Waals surface area contributed by atoms with E-state index in [4.69, 9.17) is 4.42 Å². The molecule has 10 heteroatoms. The number of hydrogen-bond acceptors (Lipinski definition) is 5. The molecule has 3 amide bonds. The van der Waals surface area contributed by atoms with Crippen molar-refractivity contribution < 1.29 is 23.3 Å². The van der Waals surface area contributed by atoms with E-state index in [1.54, 1.807) is 43.5 Å². The van der Waals surface area contributed by atoms with Gasteiger partial charge in [0.05, 0.1) is 22.8 Å². The number of amides is 3. The van der Waals surface area contributed by atoms with Crippen LogP contribution in [0.25, 0.3) is 22.5 Å². The first-order valence-corrected chi connectivity index (χ1v) is 11.6. The first kappa shape index (κ1) is 24.4. The first-order valence-electron chi connectivity index (χ1n) is 11.6. The Labute approximate surface area is 216 Å². The van der Waals surface area contributed by atoms with Gasteiger partial charge in [-0.15, -0.1) is 0 Å². The second-order valence-corrected chi connectivity index (χ2v) is 8.66. The van der Waals surface area contributed by atoms with Crippen molar-refractivity contribution in [3.63, 3.8) is 0 Å². The third kappa shape index (κ3) is 5.00. The van der Waals surface area contributed by atoms with Crippen LogP contribution in [-0.4, -0.2) is 16.9 Å². The van der Waals surface area contributed by atoms with E-state index >= 15 is 0 Å². The first-order chi connectivity index (χ1) is 18.3. The van der Waals surface area contributed by atoms with Crippen molar-refractivity contribution in [2.45, 2.75) is 13.0 Å². The average molecular weight is 512 g/mol. The lowest BCUT2D eigenvalue weighted by Crippen LogP contribution is -2.45. The number of urea groups is 1. The fraction of sp³-hybridized carbons (Fsp3) is 0.0714. The van der Waals surface area contributed by atoms with Gasteiger partial charge in [-0.05, 0) is 42.3 Å². The minimum Gasteiger partial charge on any atom is -0.464 e. The number of nitro groups is 1. The lowest BCUT2D eigenvalue weighted by molar-refractivity contribution is -0.384. The Morgan fingerprint density at radius 2 is 1.71 bits per heavy atom. The number of nitrogens with zero attached hydrogens (tertiary/aromatic N) is 1. The third-order valence-corrected chi connectivity index (χ3v) is 6.13. The van der Waals surface area contributed by atoms with E-state index in [0.717, 1.165) is 16.7 Å². The molecule has 0 saturated heterocycles. The minimum absolute atomic E-state index is 0.156. The molecule has 5 rings (SSSR count). The summed E-state index contributed by atoms with van der Waals surface area (Å²) in [5, 5.41) is 19.1. The summed E-state index contributed by atoms with van der Waals surface area (Å²) in [4.78, 5) is 36.0. The van der Waals surface area contributed by atoms with Crippen molar-refractivity contribution >= 4 is 23.3 Å². The number of hydrogen-bond donors (Lipinski definition) is 3. The standard InChI is InChI=1S/C28H21FN4O5/c1-16-25(27(34)31-22-3-2-4-23(14-22)33(36)37)26(32-28(35)30-16)19-7-5-18(6-8-19)24-13-20(15-38-24)17-9-11-21(29)12-10-17/h2-15,26H,1H3,(H,31,34)(H2,30,32,35)/t26-/m0/s1. The number of benzene rings is 3. The molecule has 4 aromatic rings. The summed E-state index contributed by atoms with van der Waals surface area (Å²) in [7, 11) is 0. The number of halogens is 1. The maximum atomic E-state index is 13.2. The highest BCUT2D eigenvalue weighted by atomic mass is 19.1. The van der Waals surface area contributed by atoms with Gasteiger partial charge in [0.1, 0.15) is 11.6 Å². The molecule has 0 bridgehead atoms. The van der Waals surface area contributed by atoms with Gasteiger partial charge in [-0.3, -0.25) is 14.9 Å². The van der Waals surface area contributed by atoms with Crippen molar-refractivity contribution in [2.75, 3.05) is 5.32 Å². The van der Waals surface area contributed by atoms with Crippen LogP contribution in [0.5, 0.6) is 0 Å². The van der Waals surface area contributed by atoms with E-state index in [2.05, 4.69) is 16.0 Å². The van der Waals surface area contributed by atoms with E-state index in [9.17, 15) is 24.1 Å². The highest BCUT2D eigenvalue weighted by molar-refractivity contribution is 6.07. The quantitative estimate of drug-likeness (QED) is 0.218. The molecule has 38 heavy (non-hydrogen) atoms. The van der Waals surface area contributed by atoms with Gasteiger partial charge in [-0.2, -0.15) is 0 Å². The molecule has 190 valence electrons. The Kier molecular flexibility index (Phi) is 6.44. The molecule has 3 aromatic carbocycles. The second kappa shape index (κ2) is 10.0. The molecule has 0 unspecified atom stereocenters. The highest BCUT2D eigenvalue weighted by Crippen LogP contribution is 2.32. The van der Waals surface area contributed by atoms with Crippen molar-refractivity contribution in [3.05, 3.63) is 118 Å². The zero-order valence-electron chi connectivity index (χ0n) is 20.0. The van der Waals surface area contributed by atoms with Gasteiger partial charge in [0.2, 0.25) is 0 Å². The van der Waals surface area contributed by atoms with Crippen LogP contribution < -0.4 is 16.0 Å². The smallest absolute Gasteiger partial charge is 0.319 e. The zero-order valence-corrected chi connectivity index (χ0v) is 20.0. The van der Waals surface area contributed by atoms with E-state index < -0.39 is 22.9 Å². The predicted molar refractivity (Wildman–Crippen MR) is 138 cm³/mol. The topological polar surface area (TPSA) is 127 Å². The average Bonchev–Trinajstić information content (AvgIpc) is 3.39. The van der Waals surface area contributed by atoms with Crippen LogP contribution >= 0.6 is 0 Å². The normalized spacial score (nSPS) is 15.0. The number of non-ortho nitro benzene ring substituents is 1. The molecule has 0 aliphatic carbocycles. The second-order valence-electron chi connectivity index (χ2n) is 8.66. The lowest BCUT2D eigenvalue weighted by Gasteiger charge is -2.28. The van der Waals surface area contributed by atoms with Crippen LogP contribution in [-0.2, 0) is 4.79 Å². The van der Waals surface area contributed by atoms with E-state index in [-0.39, 0.29) is 22.8 Å². The van der Waals surface area contributed by atoms with Gasteiger partial charge >= 0.3 is 6.03 Å². The SMILES string of the molecule is CC1=C(C(=O)Nc2cccc([N+](=O)[O-])c2)[C@H](c2ccc(-c3cc(-c4ccc(F)cc4)co3)cc2)NC(=O)N1. The summed E-state index contributed by atoms with van der Waals surface area (Å²) >= 11 is 0. The van der Waals surface area contributed by atoms with Crippen molar-refractivity contribution in [1.29, 1.82) is 0 Å². The lowest BCUT2D eigenvalue weighted by atomic mass is 9.93. The summed E-state index contributed by atoms with van der Waals surface area (Å²) in [6, 6.07) is 19.5. The fourth-order valence-electron chi connectivity index (χ4n) is 4.26. The number of nitrogens with one attached hydrogen (secondary N) is 3. The van der Waals surface area contributed by atoms with Crippen molar-refractivity contribution in [2.24, 2.45) is 0 Å². The molecular formula is C28H21FN4O5. The molecule has 1 atom stereocenters. The number of allylic oxidation sites excluding steroid dienone is 1. The summed E-state index contributed by atoms with van der Waals surface area (Å²) in [5.74, 6) is -0.236. The number of carbonyl (C=O) groups excluding carboxylic acids is 2. The Hall–Kier alpha value is -5.25. The van der Waals surface area contributed by atoms with Crippen LogP contribution in [0, 0.1) is 15.9 Å². The summed E-state index contributed by atoms with van der Waals surface area (Å²) in [5.41, 5.74) is 3.76. The van der Waals surface area contributed by atoms with E-state index in [1.165, 1.54) is 30.3 Å². The molecule has 2 heterocycles. The van der Waals surface area contributed by atoms with Gasteiger partial charge in [0.15, 0.2) is 0 Å². The molecule has 3 N–H and O–H groups in total. The van der Waals surface area contributed by atoms with Gasteiger partial charge in [-0.25, -0.2) is 9.18 Å². The van der Waals surface area contributed by atoms with E-state index in [0.29, 0.717) is 17.0 Å². The minimum atomic E-state index is -0.761. The highest BCUT2D eigenvalue weighted by Gasteiger charge is 2.31. The number of rotatable bonds is 6. The Bertz CT molecular complexity index is 1580. The van der Waals surface area contributed by atoms with Crippen LogP contribution in [0.1, 0.15) is 18.5 Å². The van der Waals surface area contributed by atoms with Crippen LogP contribution in [0.15, 0.2) is 101 Å². The van der Waals surface area contributed by atoms with E-state index in [1.807, 2.05) is 18.2 Å². The fourth-order valence-corrected chi connectivity index (χ4v) is 4.26. The molecule has 1 aliphatic heterocycles. The van der Waals surface area contributed by atoms with Gasteiger partial charge in [0, 0.05) is 34.6 Å². The van der Waals surface area contributed by atoms with Crippen molar-refractivity contribution in [3.8, 4) is 22.5 Å². The van der Waals surface area contributed by atoms with Gasteiger partial charge < -0.3 is 20.4 Å². The molecular weight excluding hydrogens is 491 g/mol. The molecule has 1 aromatic heterocycles. The maximum absolute atomic E-state index is 13.2. The van der Waals surface area contributed by atoms with Crippen LogP contribution in [0.4, 0.5) is 20.6 Å². The predicted octanol–water partition coefficient (Wildman–Crippen LogP) is 5.93. The molecule has 9 nitrogen and oxygen atoms in total. The van der Waals surface area contributed by atoms with Crippen LogP contribution in [0.2, 0.25) is 0 Å². The summed E-state index contributed by atoms with van der Waals surface area (Å²) in [6.07, 6.45) is 1.59. The monoisotopic (exact) mass is 512 g/mol. The van der Waals surface area contributed by atoms with Gasteiger partial charge in [0.25, 0.3) is 11.6 Å². The summed E-state index contributed by atoms with van der Waals surface area (Å²) < 4.78 is 18.9. The maximum Gasteiger partial charge on any atom is 0.319 e. The molecule has 0 radical (unpaired) electrons. The zero-order chi connectivity index (χ0) is 26.8. The molecule has 0 saturated carbocycles. The Balaban J connectivity index is 1.39. The Morgan fingerprint density at radius 3 is 2.42 bits per heavy atom.